The number of nitrogens with one attached hydrogen (secondary N) is 2. The topological polar surface area (TPSA) is 235 Å². The number of ketones is 3. The van der Waals surface area contributed by atoms with Gasteiger partial charge in [-0.15, -0.1) is 0 Å². The predicted octanol–water partition coefficient (Wildman–Crippen LogP) is 9.72. The number of aryl methyl sites for hydroxylation is 2. The Morgan fingerprint density at radius 3 is 1.04 bits per heavy atom. The summed E-state index contributed by atoms with van der Waals surface area (Å²) in [6, 6.07) is 83.9. The molecular formula is C80H60F2K2N4O12. The molecule has 0 aliphatic rings. The number of para-hydroxylation sites is 4. The Labute approximate surface area is 658 Å². The summed E-state index contributed by atoms with van der Waals surface area (Å²) in [5.41, 5.74) is 12.0. The van der Waals surface area contributed by atoms with Gasteiger partial charge in [-0.3, -0.25) is 28.3 Å². The number of phenolic OH excluding ortho intramolecular Hbond substituents is 2. The molecule has 14 rings (SSSR count). The van der Waals surface area contributed by atoms with E-state index in [1.807, 2.05) is 153 Å². The van der Waals surface area contributed by atoms with Gasteiger partial charge < -0.3 is 41.2 Å². The van der Waals surface area contributed by atoms with Crippen LogP contribution in [0.3, 0.4) is 0 Å². The van der Waals surface area contributed by atoms with Gasteiger partial charge in [0.1, 0.15) is 46.1 Å². The van der Waals surface area contributed by atoms with Crippen molar-refractivity contribution in [2.75, 3.05) is 0 Å². The fraction of sp³-hybridized carbons (Fsp3) is 0.0250. The van der Waals surface area contributed by atoms with Crippen LogP contribution in [0.5, 0.6) is 34.5 Å². The monoisotopic (exact) mass is 1380 g/mol. The molecule has 0 aliphatic heterocycles. The van der Waals surface area contributed by atoms with Crippen LogP contribution in [-0.4, -0.2) is 53.1 Å². The van der Waals surface area contributed by atoms with Crippen molar-refractivity contribution in [3.8, 4) is 62.4 Å². The van der Waals surface area contributed by atoms with Crippen molar-refractivity contribution in [2.45, 2.75) is 6.92 Å². The predicted molar refractivity (Wildman–Crippen MR) is 370 cm³/mol. The minimum Gasteiger partial charge on any atom is -1.00 e. The second-order valence-corrected chi connectivity index (χ2v) is 21.8. The molecule has 20 heteroatoms. The number of benzene rings is 12. The van der Waals surface area contributed by atoms with Crippen LogP contribution in [0.15, 0.2) is 301 Å². The number of halogens is 2. The summed E-state index contributed by atoms with van der Waals surface area (Å²) in [5, 5.41) is 26.6. The fourth-order valence-corrected chi connectivity index (χ4v) is 10.0. The van der Waals surface area contributed by atoms with Crippen LogP contribution in [-0.2, 0) is 16.7 Å². The van der Waals surface area contributed by atoms with Gasteiger partial charge in [0.05, 0.1) is 27.8 Å². The molecule has 0 spiro atoms. The molecule has 2 heterocycles. The number of aromatic hydroxyl groups is 2. The van der Waals surface area contributed by atoms with Crippen molar-refractivity contribution >= 4 is 45.9 Å². The SMILES string of the molecule is Cc1ccc(C(=O)c2ccc(Oc3ccc(-c4ccc(Oc5ccc(C(=O)c6ccc(-n7c(=O)n(C)c8ccccc87)cc6)cc5)cc4)cc3)cc2)cc1.O=C(c1ccc(F)cc1)c1ccc(F)cc1.O=CO[O-].O=c1[nH]c2ccccc2[nH]1.Oc1ccc(-c2ccc(O)cc2)cc1.[H-].[K+].[K+]. The molecule has 0 atom stereocenters. The fourth-order valence-electron chi connectivity index (χ4n) is 10.0. The molecule has 14 aromatic rings. The van der Waals surface area contributed by atoms with Gasteiger partial charge in [-0.05, 0) is 223 Å². The summed E-state index contributed by atoms with van der Waals surface area (Å²) in [6.07, 6.45) is 0. The molecule has 0 saturated heterocycles. The maximum absolute atomic E-state index is 13.3. The van der Waals surface area contributed by atoms with Crippen molar-refractivity contribution in [1.29, 1.82) is 0 Å². The first-order chi connectivity index (χ1) is 47.5. The number of carbonyl (C=O) groups is 4. The van der Waals surface area contributed by atoms with Gasteiger partial charge in [-0.25, -0.2) is 18.4 Å². The van der Waals surface area contributed by atoms with E-state index >= 15 is 0 Å². The summed E-state index contributed by atoms with van der Waals surface area (Å²) in [6.45, 7) is 1.81. The molecule has 12 aromatic carbocycles. The maximum Gasteiger partial charge on any atom is 1.00 e. The van der Waals surface area contributed by atoms with E-state index in [4.69, 9.17) is 29.7 Å². The molecule has 0 fully saturated rings. The maximum atomic E-state index is 13.3. The van der Waals surface area contributed by atoms with Crippen LogP contribution in [0.1, 0.15) is 54.8 Å². The van der Waals surface area contributed by atoms with E-state index in [2.05, 4.69) is 14.9 Å². The van der Waals surface area contributed by atoms with Gasteiger partial charge in [0, 0.05) is 40.4 Å². The number of hydrogen-bond acceptors (Lipinski definition) is 12. The number of rotatable bonds is 14. The average Bonchev–Trinajstić information content (AvgIpc) is 1.62. The number of aromatic nitrogens is 4. The normalized spacial score (nSPS) is 10.2. The van der Waals surface area contributed by atoms with Crippen LogP contribution in [0.4, 0.5) is 8.78 Å². The van der Waals surface area contributed by atoms with Gasteiger partial charge in [0.15, 0.2) is 17.3 Å². The summed E-state index contributed by atoms with van der Waals surface area (Å²) >= 11 is 0. The third-order valence-corrected chi connectivity index (χ3v) is 15.2. The molecule has 0 amide bonds. The minimum atomic E-state index is -0.393. The number of H-pyrrole nitrogens is 2. The number of fused-ring (bicyclic) bond motifs is 2. The Hall–Kier alpha value is -10.0. The van der Waals surface area contributed by atoms with Crippen LogP contribution in [0.2, 0.25) is 0 Å². The van der Waals surface area contributed by atoms with Crippen LogP contribution in [0, 0.1) is 18.6 Å². The third kappa shape index (κ3) is 20.3. The zero-order valence-corrected chi connectivity index (χ0v) is 60.7. The summed E-state index contributed by atoms with van der Waals surface area (Å²) in [7, 11) is 1.75. The molecule has 0 aliphatic carbocycles. The number of hydrogen-bond donors (Lipinski definition) is 4. The number of ether oxygens (including phenoxy) is 2. The summed E-state index contributed by atoms with van der Waals surface area (Å²) in [4.78, 5) is 78.1. The smallest absolute Gasteiger partial charge is 1.00 e. The van der Waals surface area contributed by atoms with E-state index in [0.717, 1.165) is 49.9 Å². The van der Waals surface area contributed by atoms with E-state index < -0.39 is 11.6 Å². The van der Waals surface area contributed by atoms with Gasteiger partial charge in [0.2, 0.25) is 0 Å². The van der Waals surface area contributed by atoms with E-state index in [0.29, 0.717) is 62.1 Å². The zero-order chi connectivity index (χ0) is 69.1. The standard InChI is InChI=1S/C47H34N2O5.C13H8F2O.C12H10O2.C7H6N2O.CH2O3.2K.H/c1-31-7-9-34(10-8-31)45(50)36-17-27-41(28-18-36)53-39-23-13-32(14-24-39)33-15-25-40(26-16-33)54-42-29-19-37(20-30-42)46(51)35-11-21-38(22-12-35)49-44-6-4-3-5-43(44)48(2)47(49)52;14-11-5-1-9(2-6-11)13(16)10-3-7-12(15)8-4-10;13-11-5-1-9(2-6-11)10-3-7-12(14)8-4-10;10-7-8-5-3-1-2-4-6(5)9-7;2-1-4-3;;;/h3-30H,1-2H3;1-8H;1-8,13-14H;1-4H,(H2,8,9,10);1,3H;;;/q;;;;;2*+1;-1/p-1. The molecule has 2 aromatic heterocycles. The van der Waals surface area contributed by atoms with E-state index in [1.54, 1.807) is 113 Å². The minimum absolute atomic E-state index is 0. The largest absolute Gasteiger partial charge is 1.00 e. The molecule has 100 heavy (non-hydrogen) atoms. The van der Waals surface area contributed by atoms with Crippen molar-refractivity contribution in [2.24, 2.45) is 7.05 Å². The molecule has 0 saturated carbocycles. The van der Waals surface area contributed by atoms with Crippen molar-refractivity contribution in [1.82, 2.24) is 19.1 Å². The average molecular weight is 1390 g/mol. The Balaban J connectivity index is 0.000000244. The first-order valence-corrected chi connectivity index (χ1v) is 30.2. The van der Waals surface area contributed by atoms with Crippen LogP contribution >= 0.6 is 0 Å². The van der Waals surface area contributed by atoms with E-state index in [9.17, 15) is 32.8 Å². The Morgan fingerprint density at radius 2 is 0.700 bits per heavy atom. The second kappa shape index (κ2) is 36.7. The van der Waals surface area contributed by atoms with Crippen molar-refractivity contribution in [3.05, 3.63) is 363 Å². The van der Waals surface area contributed by atoms with Crippen molar-refractivity contribution in [3.63, 3.8) is 0 Å². The zero-order valence-electron chi connectivity index (χ0n) is 55.4. The van der Waals surface area contributed by atoms with E-state index in [1.165, 1.54) is 48.5 Å². The number of nitrogens with zero attached hydrogens (tertiary/aromatic N) is 2. The number of aromatic amines is 2. The summed E-state index contributed by atoms with van der Waals surface area (Å²) in [5.74, 6) is 1.94. The van der Waals surface area contributed by atoms with Gasteiger partial charge in [-0.2, -0.15) is 0 Å². The quantitative estimate of drug-likeness (QED) is 0.0262. The van der Waals surface area contributed by atoms with E-state index in [-0.39, 0.29) is 151 Å². The molecule has 0 bridgehead atoms. The first kappa shape index (κ1) is 75.7. The molecule has 488 valence electrons. The number of phenols is 2. The Kier molecular flexibility index (Phi) is 27.8. The third-order valence-electron chi connectivity index (χ3n) is 15.2. The summed E-state index contributed by atoms with van der Waals surface area (Å²) < 4.78 is 40.7. The molecule has 16 nitrogen and oxygen atoms in total. The second-order valence-electron chi connectivity index (χ2n) is 21.8. The molecular weight excluding hydrogens is 1330 g/mol. The van der Waals surface area contributed by atoms with Crippen LogP contribution in [0.25, 0.3) is 50.0 Å². The Bertz CT molecular complexity index is 5030. The molecule has 0 radical (unpaired) electrons. The van der Waals surface area contributed by atoms with Crippen LogP contribution < -0.4 is 129 Å². The number of imidazole rings is 2. The Morgan fingerprint density at radius 1 is 0.420 bits per heavy atom. The number of carbonyl (C=O) groups excluding carboxylic acids is 4. The molecule has 0 unspecified atom stereocenters. The van der Waals surface area contributed by atoms with Crippen molar-refractivity contribution < 1.29 is 162 Å². The van der Waals surface area contributed by atoms with Gasteiger partial charge in [0.25, 0.3) is 6.47 Å². The molecule has 4 N–H and O–H groups in total. The first-order valence-electron chi connectivity index (χ1n) is 30.2. The van der Waals surface area contributed by atoms with Gasteiger partial charge >= 0.3 is 114 Å². The van der Waals surface area contributed by atoms with Gasteiger partial charge in [-0.1, -0.05) is 103 Å².